The summed E-state index contributed by atoms with van der Waals surface area (Å²) in [5.41, 5.74) is 0.104. The molecular weight excluding hydrogens is 272 g/mol. The Morgan fingerprint density at radius 2 is 2.27 bits per heavy atom. The van der Waals surface area contributed by atoms with Gasteiger partial charge in [-0.3, -0.25) is 9.78 Å². The van der Waals surface area contributed by atoms with Crippen LogP contribution in [0.4, 0.5) is 8.78 Å². The normalized spacial score (nSPS) is 10.7. The summed E-state index contributed by atoms with van der Waals surface area (Å²) in [6, 6.07) is 0. The van der Waals surface area contributed by atoms with Crippen LogP contribution in [-0.4, -0.2) is 16.1 Å². The van der Waals surface area contributed by atoms with E-state index in [-0.39, 0.29) is 5.56 Å². The van der Waals surface area contributed by atoms with Crippen molar-refractivity contribution < 1.29 is 18.7 Å². The fourth-order valence-electron chi connectivity index (χ4n) is 1.20. The summed E-state index contributed by atoms with van der Waals surface area (Å²) in [6.07, 6.45) is -1.95. The van der Waals surface area contributed by atoms with Crippen molar-refractivity contribution in [3.8, 4) is 0 Å². The quantitative estimate of drug-likeness (QED) is 0.926. The van der Waals surface area contributed by atoms with Gasteiger partial charge in [-0.15, -0.1) is 0 Å². The maximum absolute atomic E-state index is 12.5. The van der Waals surface area contributed by atoms with Crippen molar-refractivity contribution in [2.24, 2.45) is 0 Å². The summed E-state index contributed by atoms with van der Waals surface area (Å²) >= 11 is 3.12. The first kappa shape index (κ1) is 12.0. The SMILES string of the molecule is Cc1c(Br)cnc(C(F)F)c1CC(=O)O. The molecule has 0 fully saturated rings. The number of pyridine rings is 1. The summed E-state index contributed by atoms with van der Waals surface area (Å²) in [4.78, 5) is 14.1. The molecule has 0 saturated heterocycles. The van der Waals surface area contributed by atoms with Crippen LogP contribution in [0.2, 0.25) is 0 Å². The summed E-state index contributed by atoms with van der Waals surface area (Å²) in [5.74, 6) is -1.15. The summed E-state index contributed by atoms with van der Waals surface area (Å²) in [7, 11) is 0. The highest BCUT2D eigenvalue weighted by Crippen LogP contribution is 2.27. The van der Waals surface area contributed by atoms with Crippen molar-refractivity contribution in [3.63, 3.8) is 0 Å². The number of aromatic nitrogens is 1. The van der Waals surface area contributed by atoms with Gasteiger partial charge in [0.1, 0.15) is 5.69 Å². The van der Waals surface area contributed by atoms with Crippen molar-refractivity contribution in [1.82, 2.24) is 4.98 Å². The molecule has 0 spiro atoms. The molecule has 1 rings (SSSR count). The van der Waals surface area contributed by atoms with Gasteiger partial charge in [0, 0.05) is 10.7 Å². The molecule has 0 bridgehead atoms. The number of carbonyl (C=O) groups is 1. The number of alkyl halides is 2. The Hall–Kier alpha value is -1.04. The molecule has 0 radical (unpaired) electrons. The van der Waals surface area contributed by atoms with Crippen molar-refractivity contribution in [3.05, 3.63) is 27.5 Å². The van der Waals surface area contributed by atoms with Gasteiger partial charge in [-0.2, -0.15) is 0 Å². The molecule has 0 aliphatic rings. The van der Waals surface area contributed by atoms with Gasteiger partial charge in [0.25, 0.3) is 6.43 Å². The van der Waals surface area contributed by atoms with E-state index >= 15 is 0 Å². The van der Waals surface area contributed by atoms with Crippen LogP contribution in [-0.2, 0) is 11.2 Å². The highest BCUT2D eigenvalue weighted by atomic mass is 79.9. The Morgan fingerprint density at radius 1 is 1.67 bits per heavy atom. The van der Waals surface area contributed by atoms with Crippen LogP contribution < -0.4 is 0 Å². The molecule has 6 heteroatoms. The predicted molar refractivity (Wildman–Crippen MR) is 53.0 cm³/mol. The number of carboxylic acid groups (broad SMARTS) is 1. The Morgan fingerprint density at radius 3 is 2.73 bits per heavy atom. The third kappa shape index (κ3) is 2.71. The molecule has 3 nitrogen and oxygen atoms in total. The number of nitrogens with zero attached hydrogens (tertiary/aromatic N) is 1. The van der Waals surface area contributed by atoms with E-state index in [2.05, 4.69) is 20.9 Å². The highest BCUT2D eigenvalue weighted by Gasteiger charge is 2.19. The fourth-order valence-corrected chi connectivity index (χ4v) is 1.54. The lowest BCUT2D eigenvalue weighted by atomic mass is 10.0. The van der Waals surface area contributed by atoms with Gasteiger partial charge in [-0.1, -0.05) is 0 Å². The molecule has 0 saturated carbocycles. The second kappa shape index (κ2) is 4.65. The van der Waals surface area contributed by atoms with Crippen molar-refractivity contribution in [1.29, 1.82) is 0 Å². The van der Waals surface area contributed by atoms with E-state index in [0.717, 1.165) is 0 Å². The highest BCUT2D eigenvalue weighted by molar-refractivity contribution is 9.10. The summed E-state index contributed by atoms with van der Waals surface area (Å²) in [5, 5.41) is 8.60. The van der Waals surface area contributed by atoms with Crippen LogP contribution in [0.3, 0.4) is 0 Å². The molecule has 0 aromatic carbocycles. The second-order valence-corrected chi connectivity index (χ2v) is 3.82. The number of rotatable bonds is 3. The van der Waals surface area contributed by atoms with E-state index in [1.165, 1.54) is 6.20 Å². The zero-order valence-electron chi connectivity index (χ0n) is 7.80. The largest absolute Gasteiger partial charge is 0.481 e. The molecule has 1 heterocycles. The topological polar surface area (TPSA) is 50.2 Å². The van der Waals surface area contributed by atoms with Gasteiger partial charge in [0.2, 0.25) is 0 Å². The minimum atomic E-state index is -2.76. The molecule has 1 aromatic heterocycles. The lowest BCUT2D eigenvalue weighted by Crippen LogP contribution is -2.08. The van der Waals surface area contributed by atoms with Gasteiger partial charge in [0.15, 0.2) is 0 Å². The van der Waals surface area contributed by atoms with Crippen molar-refractivity contribution in [2.75, 3.05) is 0 Å². The number of hydrogen-bond donors (Lipinski definition) is 1. The maximum atomic E-state index is 12.5. The van der Waals surface area contributed by atoms with E-state index in [9.17, 15) is 13.6 Å². The van der Waals surface area contributed by atoms with Crippen LogP contribution in [0, 0.1) is 6.92 Å². The maximum Gasteiger partial charge on any atom is 0.307 e. The average molecular weight is 280 g/mol. The van der Waals surface area contributed by atoms with E-state index < -0.39 is 24.5 Å². The smallest absolute Gasteiger partial charge is 0.307 e. The molecule has 15 heavy (non-hydrogen) atoms. The Balaban J connectivity index is 3.28. The van der Waals surface area contributed by atoms with E-state index in [1.54, 1.807) is 6.92 Å². The first-order valence-corrected chi connectivity index (χ1v) is 4.86. The van der Waals surface area contributed by atoms with Gasteiger partial charge in [-0.05, 0) is 34.0 Å². The minimum absolute atomic E-state index is 0.0758. The summed E-state index contributed by atoms with van der Waals surface area (Å²) < 4.78 is 25.6. The molecule has 1 N–H and O–H groups in total. The number of halogens is 3. The van der Waals surface area contributed by atoms with Gasteiger partial charge in [0.05, 0.1) is 6.42 Å². The van der Waals surface area contributed by atoms with Crippen molar-refractivity contribution in [2.45, 2.75) is 19.8 Å². The molecule has 1 aromatic rings. The van der Waals surface area contributed by atoms with Crippen LogP contribution in [0.5, 0.6) is 0 Å². The average Bonchev–Trinajstić information content (AvgIpc) is 2.12. The van der Waals surface area contributed by atoms with Crippen LogP contribution in [0.15, 0.2) is 10.7 Å². The van der Waals surface area contributed by atoms with E-state index in [1.807, 2.05) is 0 Å². The van der Waals surface area contributed by atoms with Gasteiger partial charge >= 0.3 is 5.97 Å². The standard InChI is InChI=1S/C9H8BrF2NO2/c1-4-5(2-7(14)15)8(9(11)12)13-3-6(4)10/h3,9H,2H2,1H3,(H,14,15). The minimum Gasteiger partial charge on any atom is -0.481 e. The molecule has 0 atom stereocenters. The molecular formula is C9H8BrF2NO2. The van der Waals surface area contributed by atoms with E-state index in [0.29, 0.717) is 10.0 Å². The van der Waals surface area contributed by atoms with E-state index in [4.69, 9.17) is 5.11 Å². The molecule has 0 unspecified atom stereocenters. The zero-order chi connectivity index (χ0) is 11.6. The molecule has 0 aliphatic carbocycles. The van der Waals surface area contributed by atoms with Gasteiger partial charge < -0.3 is 5.11 Å². The molecule has 0 amide bonds. The Bertz CT molecular complexity index is 396. The van der Waals surface area contributed by atoms with Crippen LogP contribution >= 0.6 is 15.9 Å². The zero-order valence-corrected chi connectivity index (χ0v) is 9.38. The Labute approximate surface area is 93.3 Å². The third-order valence-corrected chi connectivity index (χ3v) is 2.77. The number of hydrogen-bond acceptors (Lipinski definition) is 2. The first-order chi connectivity index (χ1) is 6.93. The third-order valence-electron chi connectivity index (χ3n) is 1.97. The lowest BCUT2D eigenvalue weighted by molar-refractivity contribution is -0.136. The number of carboxylic acids is 1. The Kier molecular flexibility index (Phi) is 3.73. The molecule has 0 aliphatic heterocycles. The molecule has 82 valence electrons. The van der Waals surface area contributed by atoms with Gasteiger partial charge in [-0.25, -0.2) is 8.78 Å². The number of aliphatic carboxylic acids is 1. The van der Waals surface area contributed by atoms with Crippen molar-refractivity contribution >= 4 is 21.9 Å². The fraction of sp³-hybridized carbons (Fsp3) is 0.333. The first-order valence-electron chi connectivity index (χ1n) is 4.07. The van der Waals surface area contributed by atoms with Crippen LogP contribution in [0.25, 0.3) is 0 Å². The predicted octanol–water partition coefficient (Wildman–Crippen LogP) is 2.72. The summed E-state index contributed by atoms with van der Waals surface area (Å²) in [6.45, 7) is 1.58. The van der Waals surface area contributed by atoms with Crippen LogP contribution in [0.1, 0.15) is 23.2 Å². The monoisotopic (exact) mass is 279 g/mol. The second-order valence-electron chi connectivity index (χ2n) is 2.97. The lowest BCUT2D eigenvalue weighted by Gasteiger charge is -2.10.